The number of nitrogens with zero attached hydrogens (tertiary/aromatic N) is 2. The highest BCUT2D eigenvalue weighted by Gasteiger charge is 2.03. The van der Waals surface area contributed by atoms with E-state index in [9.17, 15) is 0 Å². The van der Waals surface area contributed by atoms with Gasteiger partial charge in [-0.15, -0.1) is 11.3 Å². The standard InChI is InChI=1S/C10H12ClN3S/c1-2-12-10-13-5-6-14(10)7-8-3-4-9(11)15-8/h3-6H,2,7H2,1H3,(H,12,13). The molecule has 0 fully saturated rings. The van der Waals surface area contributed by atoms with E-state index >= 15 is 0 Å². The van der Waals surface area contributed by atoms with Crippen molar-refractivity contribution in [3.8, 4) is 0 Å². The lowest BCUT2D eigenvalue weighted by molar-refractivity contribution is 0.812. The maximum Gasteiger partial charge on any atom is 0.203 e. The minimum absolute atomic E-state index is 0.819. The minimum Gasteiger partial charge on any atom is -0.356 e. The zero-order chi connectivity index (χ0) is 10.7. The number of rotatable bonds is 4. The fourth-order valence-electron chi connectivity index (χ4n) is 1.37. The molecule has 0 saturated heterocycles. The summed E-state index contributed by atoms with van der Waals surface area (Å²) < 4.78 is 2.90. The largest absolute Gasteiger partial charge is 0.356 e. The second-order valence-corrected chi connectivity index (χ2v) is 4.91. The number of halogens is 1. The van der Waals surface area contributed by atoms with Crippen molar-refractivity contribution in [1.82, 2.24) is 9.55 Å². The lowest BCUT2D eigenvalue weighted by Crippen LogP contribution is -2.06. The monoisotopic (exact) mass is 241 g/mol. The number of hydrogen-bond acceptors (Lipinski definition) is 3. The van der Waals surface area contributed by atoms with Crippen molar-refractivity contribution in [2.24, 2.45) is 0 Å². The van der Waals surface area contributed by atoms with Crippen molar-refractivity contribution in [3.63, 3.8) is 0 Å². The molecule has 0 aliphatic carbocycles. The quantitative estimate of drug-likeness (QED) is 0.892. The molecule has 15 heavy (non-hydrogen) atoms. The third kappa shape index (κ3) is 2.52. The van der Waals surface area contributed by atoms with E-state index in [1.54, 1.807) is 17.5 Å². The minimum atomic E-state index is 0.819. The van der Waals surface area contributed by atoms with Gasteiger partial charge in [0.05, 0.1) is 10.9 Å². The van der Waals surface area contributed by atoms with Crippen LogP contribution in [0.4, 0.5) is 5.95 Å². The summed E-state index contributed by atoms with van der Waals surface area (Å²) in [6.07, 6.45) is 3.76. The summed E-state index contributed by atoms with van der Waals surface area (Å²) >= 11 is 7.48. The molecule has 0 atom stereocenters. The normalized spacial score (nSPS) is 10.5. The molecule has 0 bridgehead atoms. The van der Waals surface area contributed by atoms with E-state index in [2.05, 4.69) is 21.8 Å². The predicted molar refractivity (Wildman–Crippen MR) is 64.8 cm³/mol. The van der Waals surface area contributed by atoms with Crippen molar-refractivity contribution in [3.05, 3.63) is 33.7 Å². The van der Waals surface area contributed by atoms with Crippen molar-refractivity contribution in [2.45, 2.75) is 13.5 Å². The second kappa shape index (κ2) is 4.68. The van der Waals surface area contributed by atoms with Crippen LogP contribution in [0.3, 0.4) is 0 Å². The molecule has 0 amide bonds. The van der Waals surface area contributed by atoms with E-state index < -0.39 is 0 Å². The van der Waals surface area contributed by atoms with E-state index in [4.69, 9.17) is 11.6 Å². The van der Waals surface area contributed by atoms with Crippen LogP contribution >= 0.6 is 22.9 Å². The van der Waals surface area contributed by atoms with Crippen LogP contribution in [0.2, 0.25) is 4.34 Å². The zero-order valence-corrected chi connectivity index (χ0v) is 9.98. The topological polar surface area (TPSA) is 29.9 Å². The third-order valence-electron chi connectivity index (χ3n) is 2.01. The van der Waals surface area contributed by atoms with Crippen molar-refractivity contribution in [2.75, 3.05) is 11.9 Å². The van der Waals surface area contributed by atoms with Gasteiger partial charge in [-0.1, -0.05) is 11.6 Å². The van der Waals surface area contributed by atoms with Gasteiger partial charge in [0.15, 0.2) is 0 Å². The molecule has 2 rings (SSSR count). The summed E-state index contributed by atoms with van der Waals surface area (Å²) in [4.78, 5) is 5.47. The van der Waals surface area contributed by atoms with Gasteiger partial charge in [-0.3, -0.25) is 0 Å². The second-order valence-electron chi connectivity index (χ2n) is 3.11. The molecule has 5 heteroatoms. The maximum atomic E-state index is 5.88. The van der Waals surface area contributed by atoms with Crippen LogP contribution in [0.5, 0.6) is 0 Å². The Balaban J connectivity index is 2.13. The number of imidazole rings is 1. The van der Waals surface area contributed by atoms with Gasteiger partial charge in [-0.05, 0) is 19.1 Å². The molecule has 3 nitrogen and oxygen atoms in total. The molecule has 0 unspecified atom stereocenters. The van der Waals surface area contributed by atoms with Crippen LogP contribution in [0.15, 0.2) is 24.5 Å². The molecule has 0 aliphatic rings. The van der Waals surface area contributed by atoms with Crippen molar-refractivity contribution >= 4 is 28.9 Å². The number of hydrogen-bond donors (Lipinski definition) is 1. The Hall–Kier alpha value is -1.000. The van der Waals surface area contributed by atoms with Crippen LogP contribution in [0.1, 0.15) is 11.8 Å². The molecule has 2 heterocycles. The first kappa shape index (κ1) is 10.5. The fourth-order valence-corrected chi connectivity index (χ4v) is 2.45. The van der Waals surface area contributed by atoms with Crippen LogP contribution in [0.25, 0.3) is 0 Å². The van der Waals surface area contributed by atoms with E-state index in [1.165, 1.54) is 4.88 Å². The Kier molecular flexibility index (Phi) is 3.28. The SMILES string of the molecule is CCNc1nccn1Cc1ccc(Cl)s1. The summed E-state index contributed by atoms with van der Waals surface area (Å²) in [5, 5.41) is 3.21. The molecule has 0 saturated carbocycles. The average molecular weight is 242 g/mol. The van der Waals surface area contributed by atoms with Crippen LogP contribution < -0.4 is 5.32 Å². The number of anilines is 1. The van der Waals surface area contributed by atoms with Crippen LogP contribution in [-0.2, 0) is 6.54 Å². The van der Waals surface area contributed by atoms with Crippen molar-refractivity contribution < 1.29 is 0 Å². The van der Waals surface area contributed by atoms with Gasteiger partial charge >= 0.3 is 0 Å². The number of nitrogens with one attached hydrogen (secondary N) is 1. The van der Waals surface area contributed by atoms with Crippen LogP contribution in [-0.4, -0.2) is 16.1 Å². The first-order chi connectivity index (χ1) is 7.29. The smallest absolute Gasteiger partial charge is 0.203 e. The Morgan fingerprint density at radius 3 is 3.07 bits per heavy atom. The summed E-state index contributed by atoms with van der Waals surface area (Å²) in [6.45, 7) is 3.75. The third-order valence-corrected chi connectivity index (χ3v) is 3.22. The highest BCUT2D eigenvalue weighted by molar-refractivity contribution is 7.16. The highest BCUT2D eigenvalue weighted by Crippen LogP contribution is 2.22. The summed E-state index contributed by atoms with van der Waals surface area (Å²) in [6, 6.07) is 3.97. The van der Waals surface area contributed by atoms with Gasteiger partial charge in [0, 0.05) is 23.8 Å². The van der Waals surface area contributed by atoms with Crippen LogP contribution in [0, 0.1) is 0 Å². The lowest BCUT2D eigenvalue weighted by atomic mass is 10.4. The molecule has 1 N–H and O–H groups in total. The molecule has 0 radical (unpaired) electrons. The molecule has 80 valence electrons. The molecule has 0 spiro atoms. The maximum absolute atomic E-state index is 5.88. The first-order valence-electron chi connectivity index (χ1n) is 4.79. The Bertz CT molecular complexity index is 435. The Morgan fingerprint density at radius 1 is 1.53 bits per heavy atom. The summed E-state index contributed by atoms with van der Waals surface area (Å²) in [5.41, 5.74) is 0. The number of aromatic nitrogens is 2. The van der Waals surface area contributed by atoms with E-state index in [-0.39, 0.29) is 0 Å². The first-order valence-corrected chi connectivity index (χ1v) is 5.98. The highest BCUT2D eigenvalue weighted by atomic mass is 35.5. The Morgan fingerprint density at radius 2 is 2.40 bits per heavy atom. The molecule has 2 aromatic rings. The number of thiophene rings is 1. The summed E-state index contributed by atoms with van der Waals surface area (Å²) in [5.74, 6) is 0.905. The Labute approximate surface area is 97.7 Å². The molecular formula is C10H12ClN3S. The average Bonchev–Trinajstić information content (AvgIpc) is 2.78. The van der Waals surface area contributed by atoms with Crippen molar-refractivity contribution in [1.29, 1.82) is 0 Å². The van der Waals surface area contributed by atoms with E-state index in [0.29, 0.717) is 0 Å². The molecule has 0 aliphatic heterocycles. The molecule has 2 aromatic heterocycles. The van der Waals surface area contributed by atoms with E-state index in [1.807, 2.05) is 18.3 Å². The predicted octanol–water partition coefficient (Wildman–Crippen LogP) is 3.08. The van der Waals surface area contributed by atoms with E-state index in [0.717, 1.165) is 23.4 Å². The van der Waals surface area contributed by atoms with Gasteiger partial charge in [0.2, 0.25) is 5.95 Å². The zero-order valence-electron chi connectivity index (χ0n) is 8.40. The van der Waals surface area contributed by atoms with Gasteiger partial charge in [-0.25, -0.2) is 4.98 Å². The summed E-state index contributed by atoms with van der Waals surface area (Å²) in [7, 11) is 0. The van der Waals surface area contributed by atoms with Gasteiger partial charge in [0.25, 0.3) is 0 Å². The van der Waals surface area contributed by atoms with Gasteiger partial charge in [0.1, 0.15) is 0 Å². The molecular weight excluding hydrogens is 230 g/mol. The molecule has 0 aromatic carbocycles. The van der Waals surface area contributed by atoms with Gasteiger partial charge < -0.3 is 9.88 Å². The lowest BCUT2D eigenvalue weighted by Gasteiger charge is -2.06. The fraction of sp³-hybridized carbons (Fsp3) is 0.300. The van der Waals surface area contributed by atoms with Gasteiger partial charge in [-0.2, -0.15) is 0 Å².